The molecule has 0 bridgehead atoms. The van der Waals surface area contributed by atoms with E-state index in [4.69, 9.17) is 15.0 Å². The van der Waals surface area contributed by atoms with Gasteiger partial charge in [0.1, 0.15) is 0 Å². The van der Waals surface area contributed by atoms with Crippen LogP contribution < -0.4 is 127 Å². The first kappa shape index (κ1) is 22.5. The molecule has 0 heterocycles. The molecule has 0 unspecified atom stereocenters. The van der Waals surface area contributed by atoms with E-state index >= 15 is 0 Å². The molecule has 7 heavy (non-hydrogen) atoms. The van der Waals surface area contributed by atoms with E-state index < -0.39 is 6.16 Å². The third-order valence-electron chi connectivity index (χ3n) is 0. The maximum absolute atomic E-state index is 8.33. The molecule has 4 nitrogen and oxygen atoms in total. The molecule has 0 saturated carbocycles. The summed E-state index contributed by atoms with van der Waals surface area (Å²) in [4.78, 5) is 8.33. The Morgan fingerprint density at radius 2 is 1.14 bits per heavy atom. The van der Waals surface area contributed by atoms with Crippen LogP contribution in [0.4, 0.5) is 4.79 Å². The molecule has 0 spiro atoms. The smallest absolute Gasteiger partial charge is 0.652 e. The van der Waals surface area contributed by atoms with Crippen molar-refractivity contribution in [3.63, 3.8) is 0 Å². The number of carbonyl (C=O) groups is 1. The van der Waals surface area contributed by atoms with Crippen LogP contribution in [0.5, 0.6) is 0 Å². The Balaban J connectivity index is -0.0000000150. The van der Waals surface area contributed by atoms with Gasteiger partial charge in [0.2, 0.25) is 0 Å². The van der Waals surface area contributed by atoms with Crippen LogP contribution in [0.2, 0.25) is 0 Å². The number of rotatable bonds is 0. The minimum absolute atomic E-state index is 0. The average molecular weight is 249 g/mol. The van der Waals surface area contributed by atoms with Crippen LogP contribution in [0.15, 0.2) is 0 Å². The predicted molar refractivity (Wildman–Crippen MR) is 9.01 cm³/mol. The van der Waals surface area contributed by atoms with Gasteiger partial charge in [-0.25, -0.2) is 0 Å². The first-order chi connectivity index (χ1) is 1.73. The van der Waals surface area contributed by atoms with E-state index in [9.17, 15) is 0 Å². The van der Waals surface area contributed by atoms with Crippen LogP contribution in [0, 0.1) is 0 Å². The van der Waals surface area contributed by atoms with Crippen molar-refractivity contribution in [2.24, 2.45) is 0 Å². The van der Waals surface area contributed by atoms with E-state index in [0.29, 0.717) is 0 Å². The largest absolute Gasteiger partial charge is 1.00 e. The van der Waals surface area contributed by atoms with Crippen LogP contribution in [0.25, 0.3) is 0 Å². The number of carbonyl (C=O) groups excluding carboxylic acids is 1. The first-order valence-electron chi connectivity index (χ1n) is 0.612. The third-order valence-corrected chi connectivity index (χ3v) is 0. The van der Waals surface area contributed by atoms with E-state index in [1.807, 2.05) is 0 Å². The molecule has 0 aromatic rings. The molecule has 32 valence electrons. The van der Waals surface area contributed by atoms with E-state index in [0.717, 1.165) is 0 Å². The fourth-order valence-corrected chi connectivity index (χ4v) is 0. The van der Waals surface area contributed by atoms with E-state index in [1.54, 1.807) is 0 Å². The molecule has 0 aliphatic carbocycles. The van der Waals surface area contributed by atoms with Crippen molar-refractivity contribution in [3.05, 3.63) is 0 Å². The normalized spacial score (nSPS) is 3.43. The second-order valence-electron chi connectivity index (χ2n) is 0.250. The summed E-state index contributed by atoms with van der Waals surface area (Å²) >= 11 is 0. The summed E-state index contributed by atoms with van der Waals surface area (Å²) in [7, 11) is 0. The van der Waals surface area contributed by atoms with Crippen molar-refractivity contribution in [2.75, 3.05) is 0 Å². The Kier molecular flexibility index (Phi) is 51.3. The molecule has 0 fully saturated rings. The third kappa shape index (κ3) is 51.3. The molecule has 0 aliphatic rings. The number of hydrogen-bond acceptors (Lipinski definition) is 3. The molecule has 2 N–H and O–H groups in total. The zero-order valence-corrected chi connectivity index (χ0v) is 14.1. The second kappa shape index (κ2) is 15.9. The Labute approximate surface area is 139 Å². The predicted octanol–water partition coefficient (Wildman–Crippen LogP) is -9.26. The minimum atomic E-state index is -2.33. The fraction of sp³-hybridized carbons (Fsp3) is 0. The summed E-state index contributed by atoms with van der Waals surface area (Å²) < 4.78 is 0. The molecular weight excluding hydrogens is 247 g/mol. The van der Waals surface area contributed by atoms with Crippen molar-refractivity contribution in [1.29, 1.82) is 0 Å². The van der Waals surface area contributed by atoms with E-state index in [1.165, 1.54) is 0 Å². The van der Waals surface area contributed by atoms with Crippen molar-refractivity contribution in [2.45, 2.75) is 0 Å². The summed E-state index contributed by atoms with van der Waals surface area (Å²) in [6, 6.07) is 0. The van der Waals surface area contributed by atoms with Gasteiger partial charge in [0, 0.05) is 0 Å². The average Bonchev–Trinajstić information content (AvgIpc) is 0.811. The molecule has 0 aliphatic heterocycles. The molecule has 0 amide bonds. The van der Waals surface area contributed by atoms with Gasteiger partial charge in [0.15, 0.2) is 0 Å². The molecule has 0 aromatic heterocycles. The van der Waals surface area contributed by atoms with Crippen LogP contribution in [-0.4, -0.2) is 11.6 Å². The summed E-state index contributed by atoms with van der Waals surface area (Å²) in [5, 5.41) is 16.7. The molecule has 0 aromatic carbocycles. The molecule has 0 saturated heterocycles. The minimum Gasteiger partial charge on any atom is -0.652 e. The van der Waals surface area contributed by atoms with Crippen LogP contribution in [0.3, 0.4) is 0 Å². The Morgan fingerprint density at radius 1 is 1.14 bits per heavy atom. The van der Waals surface area contributed by atoms with Gasteiger partial charge in [-0.2, -0.15) is 0 Å². The van der Waals surface area contributed by atoms with Crippen LogP contribution in [0.1, 0.15) is 0 Å². The van der Waals surface area contributed by atoms with Gasteiger partial charge < -0.3 is 20.5 Å². The van der Waals surface area contributed by atoms with Gasteiger partial charge in [0.25, 0.3) is 0 Å². The topological polar surface area (TPSA) is 94.7 Å². The first-order valence-corrected chi connectivity index (χ1v) is 0.612. The van der Waals surface area contributed by atoms with E-state index in [-0.39, 0.29) is 122 Å². The zero-order chi connectivity index (χ0) is 3.58. The Morgan fingerprint density at radius 3 is 1.14 bits per heavy atom. The van der Waals surface area contributed by atoms with Crippen molar-refractivity contribution < 1.29 is 137 Å². The van der Waals surface area contributed by atoms with Gasteiger partial charge in [-0.15, -0.1) is 0 Å². The van der Waals surface area contributed by atoms with Gasteiger partial charge in [-0.3, -0.25) is 0 Å². The monoisotopic (exact) mass is 248 g/mol. The summed E-state index contributed by atoms with van der Waals surface area (Å²) in [5.74, 6) is 0. The Hall–Kier alpha value is 2.84. The second-order valence-corrected chi connectivity index (χ2v) is 0.250. The molecular formula is CH2O4Rb2. The SMILES string of the molecule is O.O=C([O-])[O-].[Rb+].[Rb+]. The summed E-state index contributed by atoms with van der Waals surface area (Å²) in [6.45, 7) is 0. The number of hydrogen-bond donors (Lipinski definition) is 0. The zero-order valence-electron chi connectivity index (χ0n) is 4.22. The maximum atomic E-state index is 8.33. The molecule has 0 atom stereocenters. The van der Waals surface area contributed by atoms with Gasteiger partial charge in [-0.05, 0) is 6.16 Å². The van der Waals surface area contributed by atoms with Gasteiger partial charge in [-0.1, -0.05) is 0 Å². The quantitative estimate of drug-likeness (QED) is 0.426. The van der Waals surface area contributed by atoms with Crippen molar-refractivity contribution >= 4 is 6.16 Å². The maximum Gasteiger partial charge on any atom is 1.00 e. The van der Waals surface area contributed by atoms with Crippen molar-refractivity contribution in [1.82, 2.24) is 0 Å². The molecule has 0 rings (SSSR count). The molecule has 0 radical (unpaired) electrons. The summed E-state index contributed by atoms with van der Waals surface area (Å²) in [6.07, 6.45) is -2.33. The van der Waals surface area contributed by atoms with Crippen LogP contribution >= 0.6 is 0 Å². The van der Waals surface area contributed by atoms with Gasteiger partial charge in [0.05, 0.1) is 0 Å². The molecule has 6 heteroatoms. The number of carboxylic acid groups (broad SMARTS) is 2. The standard InChI is InChI=1S/CH2O3.H2O.2Rb/c2-1(3)4;;;/h(H2,2,3,4);1H2;;/q;;2*+1/p-2. The van der Waals surface area contributed by atoms with Crippen LogP contribution in [-0.2, 0) is 0 Å². The Bertz CT molecular complexity index is 32.7. The fourth-order valence-electron chi connectivity index (χ4n) is 0. The van der Waals surface area contributed by atoms with Crippen molar-refractivity contribution in [3.8, 4) is 0 Å². The van der Waals surface area contributed by atoms with E-state index in [2.05, 4.69) is 0 Å². The summed E-state index contributed by atoms with van der Waals surface area (Å²) in [5.41, 5.74) is 0. The van der Waals surface area contributed by atoms with Gasteiger partial charge >= 0.3 is 116 Å².